The Morgan fingerprint density at radius 2 is 2.47 bits per heavy atom. The second kappa shape index (κ2) is 3.35. The van der Waals surface area contributed by atoms with Crippen molar-refractivity contribution >= 4 is 5.52 Å². The molecule has 1 saturated heterocycles. The van der Waals surface area contributed by atoms with E-state index in [0.717, 1.165) is 30.8 Å². The number of hydrogen-bond acceptors (Lipinski definition) is 2. The maximum Gasteiger partial charge on any atom is 0.142 e. The molecule has 0 radical (unpaired) electrons. The Bertz CT molecular complexity index is 483. The average Bonchev–Trinajstić information content (AvgIpc) is 2.82. The summed E-state index contributed by atoms with van der Waals surface area (Å²) in [6.07, 6.45) is 6.42. The third kappa shape index (κ3) is 1.43. The highest BCUT2D eigenvalue weighted by Crippen LogP contribution is 2.28. The van der Waals surface area contributed by atoms with Gasteiger partial charge in [0.25, 0.3) is 0 Å². The van der Waals surface area contributed by atoms with Crippen LogP contribution in [-0.4, -0.2) is 16.0 Å². The van der Waals surface area contributed by atoms with Crippen molar-refractivity contribution in [2.45, 2.75) is 25.9 Å². The highest BCUT2D eigenvalue weighted by Gasteiger charge is 2.21. The Balaban J connectivity index is 2.11. The number of aromatic nitrogens is 2. The van der Waals surface area contributed by atoms with Gasteiger partial charge in [-0.05, 0) is 37.5 Å². The predicted octanol–water partition coefficient (Wildman–Crippen LogP) is 2.49. The average molecular weight is 202 g/mol. The fourth-order valence-electron chi connectivity index (χ4n) is 2.15. The molecule has 0 amide bonds. The van der Waals surface area contributed by atoms with Crippen molar-refractivity contribution in [3.8, 4) is 0 Å². The zero-order valence-corrected chi connectivity index (χ0v) is 8.81. The van der Waals surface area contributed by atoms with Crippen LogP contribution in [0.1, 0.15) is 30.3 Å². The Hall–Kier alpha value is -1.35. The Morgan fingerprint density at radius 1 is 1.53 bits per heavy atom. The Morgan fingerprint density at radius 3 is 3.27 bits per heavy atom. The van der Waals surface area contributed by atoms with Gasteiger partial charge in [0.15, 0.2) is 0 Å². The molecule has 0 aliphatic carbocycles. The van der Waals surface area contributed by atoms with Crippen molar-refractivity contribution in [2.24, 2.45) is 0 Å². The molecule has 0 aromatic carbocycles. The minimum Gasteiger partial charge on any atom is -0.370 e. The van der Waals surface area contributed by atoms with Gasteiger partial charge in [-0.3, -0.25) is 0 Å². The van der Waals surface area contributed by atoms with E-state index in [9.17, 15) is 0 Å². The van der Waals surface area contributed by atoms with Crippen molar-refractivity contribution in [1.29, 1.82) is 0 Å². The molecule has 1 atom stereocenters. The third-order valence-corrected chi connectivity index (χ3v) is 2.93. The molecule has 1 aliphatic rings. The Labute approximate surface area is 88.7 Å². The van der Waals surface area contributed by atoms with Crippen LogP contribution in [0.4, 0.5) is 0 Å². The van der Waals surface area contributed by atoms with Gasteiger partial charge in [0, 0.05) is 12.8 Å². The van der Waals surface area contributed by atoms with Crippen LogP contribution in [0, 0.1) is 6.92 Å². The highest BCUT2D eigenvalue weighted by molar-refractivity contribution is 5.48. The van der Waals surface area contributed by atoms with E-state index in [2.05, 4.69) is 34.6 Å². The summed E-state index contributed by atoms with van der Waals surface area (Å²) >= 11 is 0. The summed E-state index contributed by atoms with van der Waals surface area (Å²) in [6.45, 7) is 2.96. The molecule has 3 rings (SSSR count). The summed E-state index contributed by atoms with van der Waals surface area (Å²) in [5.41, 5.74) is 2.42. The minimum atomic E-state index is 0.190. The molecule has 3 nitrogen and oxygen atoms in total. The number of rotatable bonds is 1. The van der Waals surface area contributed by atoms with Crippen molar-refractivity contribution < 1.29 is 4.74 Å². The number of nitrogens with zero attached hydrogens (tertiary/aromatic N) is 2. The van der Waals surface area contributed by atoms with Crippen molar-refractivity contribution in [1.82, 2.24) is 9.38 Å². The lowest BCUT2D eigenvalue weighted by Gasteiger charge is -2.08. The Kier molecular flexibility index (Phi) is 1.99. The third-order valence-electron chi connectivity index (χ3n) is 2.93. The normalized spacial score (nSPS) is 21.3. The maximum absolute atomic E-state index is 5.65. The molecule has 0 N–H and O–H groups in total. The first-order valence-electron chi connectivity index (χ1n) is 5.40. The highest BCUT2D eigenvalue weighted by atomic mass is 16.5. The van der Waals surface area contributed by atoms with Crippen LogP contribution in [0.3, 0.4) is 0 Å². The summed E-state index contributed by atoms with van der Waals surface area (Å²) in [5.74, 6) is 1.04. The van der Waals surface area contributed by atoms with Gasteiger partial charge in [-0.15, -0.1) is 0 Å². The summed E-state index contributed by atoms with van der Waals surface area (Å²) in [5, 5.41) is 0. The number of ether oxygens (including phenoxy) is 1. The predicted molar refractivity (Wildman–Crippen MR) is 57.9 cm³/mol. The summed E-state index contributed by atoms with van der Waals surface area (Å²) < 4.78 is 7.78. The molecular weight excluding hydrogens is 188 g/mol. The summed E-state index contributed by atoms with van der Waals surface area (Å²) in [4.78, 5) is 4.46. The second-order valence-corrected chi connectivity index (χ2v) is 4.12. The summed E-state index contributed by atoms with van der Waals surface area (Å²) in [6, 6.07) is 4.25. The number of imidazole rings is 1. The fraction of sp³-hybridized carbons (Fsp3) is 0.417. The monoisotopic (exact) mass is 202 g/mol. The first kappa shape index (κ1) is 8.92. The van der Waals surface area contributed by atoms with E-state index in [4.69, 9.17) is 4.74 Å². The van der Waals surface area contributed by atoms with E-state index in [0.29, 0.717) is 0 Å². The van der Waals surface area contributed by atoms with Crippen molar-refractivity contribution in [2.75, 3.05) is 6.61 Å². The molecule has 1 aliphatic heterocycles. The minimum absolute atomic E-state index is 0.190. The van der Waals surface area contributed by atoms with Gasteiger partial charge in [0.1, 0.15) is 11.9 Å². The van der Waals surface area contributed by atoms with Gasteiger partial charge in [0.2, 0.25) is 0 Å². The molecule has 2 aromatic rings. The van der Waals surface area contributed by atoms with Gasteiger partial charge in [-0.1, -0.05) is 0 Å². The van der Waals surface area contributed by atoms with Gasteiger partial charge in [0.05, 0.1) is 11.7 Å². The lowest BCUT2D eigenvalue weighted by molar-refractivity contribution is 0.104. The van der Waals surface area contributed by atoms with E-state index in [1.54, 1.807) is 0 Å². The molecule has 1 fully saturated rings. The lowest BCUT2D eigenvalue weighted by atomic mass is 10.2. The topological polar surface area (TPSA) is 26.5 Å². The van der Waals surface area contributed by atoms with Crippen molar-refractivity contribution in [3.63, 3.8) is 0 Å². The van der Waals surface area contributed by atoms with E-state index in [1.807, 2.05) is 6.20 Å². The van der Waals surface area contributed by atoms with E-state index < -0.39 is 0 Å². The van der Waals surface area contributed by atoms with E-state index in [-0.39, 0.29) is 6.10 Å². The van der Waals surface area contributed by atoms with E-state index in [1.165, 1.54) is 5.56 Å². The van der Waals surface area contributed by atoms with Gasteiger partial charge >= 0.3 is 0 Å². The van der Waals surface area contributed by atoms with Crippen LogP contribution < -0.4 is 0 Å². The van der Waals surface area contributed by atoms with Crippen LogP contribution in [-0.2, 0) is 4.74 Å². The SMILES string of the molecule is Cc1ccn2c(C3CCCO3)ncc2c1. The molecule has 0 spiro atoms. The molecule has 3 heteroatoms. The molecule has 2 aromatic heterocycles. The standard InChI is InChI=1S/C12H14N2O/c1-9-4-5-14-10(7-9)8-13-12(14)11-3-2-6-15-11/h4-5,7-8,11H,2-3,6H2,1H3. The number of aryl methyl sites for hydroxylation is 1. The number of pyridine rings is 1. The van der Waals surface area contributed by atoms with Crippen LogP contribution in [0.15, 0.2) is 24.5 Å². The van der Waals surface area contributed by atoms with Crippen LogP contribution in [0.5, 0.6) is 0 Å². The van der Waals surface area contributed by atoms with Crippen LogP contribution >= 0.6 is 0 Å². The largest absolute Gasteiger partial charge is 0.370 e. The second-order valence-electron chi connectivity index (χ2n) is 4.12. The van der Waals surface area contributed by atoms with Crippen LogP contribution in [0.2, 0.25) is 0 Å². The van der Waals surface area contributed by atoms with E-state index >= 15 is 0 Å². The maximum atomic E-state index is 5.65. The molecular formula is C12H14N2O. The molecule has 0 bridgehead atoms. The molecule has 15 heavy (non-hydrogen) atoms. The molecule has 3 heterocycles. The number of hydrogen-bond donors (Lipinski definition) is 0. The number of fused-ring (bicyclic) bond motifs is 1. The lowest BCUT2D eigenvalue weighted by Crippen LogP contribution is -2.02. The summed E-state index contributed by atoms with van der Waals surface area (Å²) in [7, 11) is 0. The zero-order chi connectivity index (χ0) is 10.3. The zero-order valence-electron chi connectivity index (χ0n) is 8.81. The van der Waals surface area contributed by atoms with Crippen LogP contribution in [0.25, 0.3) is 5.52 Å². The van der Waals surface area contributed by atoms with Gasteiger partial charge in [-0.25, -0.2) is 4.98 Å². The first-order chi connectivity index (χ1) is 7.34. The smallest absolute Gasteiger partial charge is 0.142 e. The first-order valence-corrected chi connectivity index (χ1v) is 5.40. The quantitative estimate of drug-likeness (QED) is 0.710. The molecule has 78 valence electrons. The van der Waals surface area contributed by atoms with Gasteiger partial charge in [-0.2, -0.15) is 0 Å². The molecule has 1 unspecified atom stereocenters. The fourth-order valence-corrected chi connectivity index (χ4v) is 2.15. The molecule has 0 saturated carbocycles. The van der Waals surface area contributed by atoms with Gasteiger partial charge < -0.3 is 9.14 Å². The van der Waals surface area contributed by atoms with Crippen molar-refractivity contribution in [3.05, 3.63) is 35.9 Å².